The van der Waals surface area contributed by atoms with Gasteiger partial charge in [-0.05, 0) is 43.2 Å². The van der Waals surface area contributed by atoms with Gasteiger partial charge < -0.3 is 9.64 Å². The predicted octanol–water partition coefficient (Wildman–Crippen LogP) is 4.26. The van der Waals surface area contributed by atoms with Gasteiger partial charge in [-0.15, -0.1) is 0 Å². The van der Waals surface area contributed by atoms with Crippen molar-refractivity contribution in [3.63, 3.8) is 0 Å². The number of esters is 1. The summed E-state index contributed by atoms with van der Waals surface area (Å²) in [7, 11) is 1.28. The van der Waals surface area contributed by atoms with E-state index < -0.39 is 5.97 Å². The number of halogens is 1. The summed E-state index contributed by atoms with van der Waals surface area (Å²) in [5.74, 6) is -1.22. The first-order chi connectivity index (χ1) is 12.9. The van der Waals surface area contributed by atoms with Crippen molar-refractivity contribution in [1.82, 2.24) is 4.90 Å². The molecule has 27 heavy (non-hydrogen) atoms. The fourth-order valence-corrected chi connectivity index (χ4v) is 3.27. The first kappa shape index (κ1) is 18.6. The van der Waals surface area contributed by atoms with Crippen molar-refractivity contribution < 1.29 is 18.7 Å². The summed E-state index contributed by atoms with van der Waals surface area (Å²) >= 11 is 0. The molecule has 1 unspecified atom stereocenters. The van der Waals surface area contributed by atoms with E-state index in [-0.39, 0.29) is 28.9 Å². The molecule has 2 aromatic rings. The molecule has 2 aromatic carbocycles. The molecule has 138 valence electrons. The summed E-state index contributed by atoms with van der Waals surface area (Å²) < 4.78 is 18.1. The van der Waals surface area contributed by atoms with Crippen molar-refractivity contribution in [2.45, 2.75) is 19.9 Å². The summed E-state index contributed by atoms with van der Waals surface area (Å²) in [5, 5.41) is 0. The number of hydrogen-bond donors (Lipinski definition) is 0. The topological polar surface area (TPSA) is 46.6 Å². The molecule has 1 atom stereocenters. The Hall–Kier alpha value is -3.21. The molecule has 1 aliphatic heterocycles. The van der Waals surface area contributed by atoms with E-state index >= 15 is 0 Å². The minimum atomic E-state index is -0.572. The first-order valence-corrected chi connectivity index (χ1v) is 8.59. The molecular weight excluding hydrogens is 345 g/mol. The molecule has 0 fully saturated rings. The normalized spacial score (nSPS) is 16.8. The van der Waals surface area contributed by atoms with Crippen molar-refractivity contribution in [1.29, 1.82) is 0 Å². The number of carbonyl (C=O) groups excluding carboxylic acids is 2. The van der Waals surface area contributed by atoms with Crippen LogP contribution in [0.5, 0.6) is 0 Å². The standard InChI is InChI=1S/C22H20FNO3/c1-14(17-7-5-4-6-8-17)24-15(2)20(22(26)27-3)19(21(24)25)13-16-9-11-18(23)12-10-16/h4-14H,1-3H3. The van der Waals surface area contributed by atoms with Gasteiger partial charge in [-0.2, -0.15) is 0 Å². The zero-order chi connectivity index (χ0) is 19.6. The molecule has 0 radical (unpaired) electrons. The number of methoxy groups -OCH3 is 1. The fraction of sp³-hybridized carbons (Fsp3) is 0.182. The highest BCUT2D eigenvalue weighted by Crippen LogP contribution is 2.37. The van der Waals surface area contributed by atoms with Gasteiger partial charge in [0.25, 0.3) is 5.91 Å². The summed E-state index contributed by atoms with van der Waals surface area (Å²) in [6.45, 7) is 3.64. The Labute approximate surface area is 157 Å². The summed E-state index contributed by atoms with van der Waals surface area (Å²) in [5.41, 5.74) is 2.60. The van der Waals surface area contributed by atoms with E-state index in [0.29, 0.717) is 11.3 Å². The highest BCUT2D eigenvalue weighted by atomic mass is 19.1. The van der Waals surface area contributed by atoms with Crippen LogP contribution in [0.4, 0.5) is 4.39 Å². The Bertz CT molecular complexity index is 930. The Kier molecular flexibility index (Phi) is 5.21. The third-order valence-electron chi connectivity index (χ3n) is 4.68. The van der Waals surface area contributed by atoms with Gasteiger partial charge >= 0.3 is 5.97 Å². The van der Waals surface area contributed by atoms with Crippen LogP contribution in [0.3, 0.4) is 0 Å². The Balaban J connectivity index is 2.08. The van der Waals surface area contributed by atoms with Crippen LogP contribution in [0, 0.1) is 5.82 Å². The number of nitrogens with zero attached hydrogens (tertiary/aromatic N) is 1. The maximum Gasteiger partial charge on any atom is 0.340 e. The molecule has 0 saturated heterocycles. The molecule has 0 spiro atoms. The lowest BCUT2D eigenvalue weighted by molar-refractivity contribution is -0.136. The molecule has 0 aromatic heterocycles. The third-order valence-corrected chi connectivity index (χ3v) is 4.68. The maximum atomic E-state index is 13.2. The van der Waals surface area contributed by atoms with E-state index in [0.717, 1.165) is 5.56 Å². The van der Waals surface area contributed by atoms with Crippen LogP contribution >= 0.6 is 0 Å². The van der Waals surface area contributed by atoms with Crippen LogP contribution in [-0.2, 0) is 14.3 Å². The van der Waals surface area contributed by atoms with Crippen LogP contribution in [0.25, 0.3) is 6.08 Å². The second-order valence-corrected chi connectivity index (χ2v) is 6.32. The first-order valence-electron chi connectivity index (χ1n) is 8.59. The Morgan fingerprint density at radius 1 is 1.11 bits per heavy atom. The number of allylic oxidation sites excluding steroid dienone is 1. The predicted molar refractivity (Wildman–Crippen MR) is 101 cm³/mol. The maximum absolute atomic E-state index is 13.2. The van der Waals surface area contributed by atoms with Gasteiger partial charge in [0.15, 0.2) is 0 Å². The van der Waals surface area contributed by atoms with Crippen LogP contribution in [0.2, 0.25) is 0 Å². The number of ether oxygens (including phenoxy) is 1. The van der Waals surface area contributed by atoms with Crippen LogP contribution < -0.4 is 0 Å². The second-order valence-electron chi connectivity index (χ2n) is 6.32. The van der Waals surface area contributed by atoms with Gasteiger partial charge in [-0.1, -0.05) is 42.5 Å². The molecule has 3 rings (SSSR count). The fourth-order valence-electron chi connectivity index (χ4n) is 3.27. The number of amides is 1. The van der Waals surface area contributed by atoms with Crippen molar-refractivity contribution in [2.75, 3.05) is 7.11 Å². The molecule has 5 heteroatoms. The van der Waals surface area contributed by atoms with Gasteiger partial charge in [0.1, 0.15) is 5.82 Å². The second kappa shape index (κ2) is 7.58. The SMILES string of the molecule is COC(=O)C1=C(C)N(C(C)c2ccccc2)C(=O)C1=Cc1ccc(F)cc1. The molecule has 1 aliphatic rings. The zero-order valence-corrected chi connectivity index (χ0v) is 15.4. The van der Waals surface area contributed by atoms with Crippen LogP contribution in [0.15, 0.2) is 71.4 Å². The van der Waals surface area contributed by atoms with Gasteiger partial charge in [0.05, 0.1) is 24.3 Å². The molecule has 0 aliphatic carbocycles. The third kappa shape index (κ3) is 3.53. The highest BCUT2D eigenvalue weighted by molar-refractivity contribution is 6.16. The average Bonchev–Trinajstić information content (AvgIpc) is 2.93. The van der Waals surface area contributed by atoms with Crippen molar-refractivity contribution in [3.8, 4) is 0 Å². The Morgan fingerprint density at radius 3 is 2.33 bits per heavy atom. The zero-order valence-electron chi connectivity index (χ0n) is 15.4. The quantitative estimate of drug-likeness (QED) is 0.601. The minimum absolute atomic E-state index is 0.231. The lowest BCUT2D eigenvalue weighted by Crippen LogP contribution is -2.28. The molecule has 1 amide bonds. The number of carbonyl (C=O) groups is 2. The van der Waals surface area contributed by atoms with Crippen molar-refractivity contribution in [2.24, 2.45) is 0 Å². The highest BCUT2D eigenvalue weighted by Gasteiger charge is 2.39. The molecule has 1 heterocycles. The summed E-state index contributed by atoms with van der Waals surface area (Å²) in [6, 6.07) is 15.1. The summed E-state index contributed by atoms with van der Waals surface area (Å²) in [4.78, 5) is 27.1. The average molecular weight is 365 g/mol. The van der Waals surface area contributed by atoms with Crippen LogP contribution in [0.1, 0.15) is 31.0 Å². The summed E-state index contributed by atoms with van der Waals surface area (Å²) in [6.07, 6.45) is 1.59. The lowest BCUT2D eigenvalue weighted by atomic mass is 10.0. The Morgan fingerprint density at radius 2 is 1.74 bits per heavy atom. The van der Waals surface area contributed by atoms with Gasteiger partial charge in [0.2, 0.25) is 0 Å². The van der Waals surface area contributed by atoms with E-state index in [1.54, 1.807) is 30.0 Å². The van der Waals surface area contributed by atoms with Gasteiger partial charge in [-0.3, -0.25) is 4.79 Å². The molecule has 0 saturated carbocycles. The van der Waals surface area contributed by atoms with Crippen LogP contribution in [-0.4, -0.2) is 23.9 Å². The lowest BCUT2D eigenvalue weighted by Gasteiger charge is -2.26. The van der Waals surface area contributed by atoms with Crippen molar-refractivity contribution in [3.05, 3.63) is 88.4 Å². The minimum Gasteiger partial charge on any atom is -0.465 e. The van der Waals surface area contributed by atoms with E-state index in [1.807, 2.05) is 37.3 Å². The van der Waals surface area contributed by atoms with Gasteiger partial charge in [0, 0.05) is 5.70 Å². The van der Waals surface area contributed by atoms with E-state index in [1.165, 1.54) is 19.2 Å². The molecular formula is C22H20FNO3. The number of hydrogen-bond acceptors (Lipinski definition) is 3. The van der Waals surface area contributed by atoms with Crippen molar-refractivity contribution >= 4 is 18.0 Å². The molecule has 4 nitrogen and oxygen atoms in total. The van der Waals surface area contributed by atoms with E-state index in [4.69, 9.17) is 4.74 Å². The molecule has 0 bridgehead atoms. The van der Waals surface area contributed by atoms with E-state index in [2.05, 4.69) is 0 Å². The monoisotopic (exact) mass is 365 g/mol. The number of rotatable bonds is 4. The van der Waals surface area contributed by atoms with E-state index in [9.17, 15) is 14.0 Å². The number of benzene rings is 2. The van der Waals surface area contributed by atoms with Gasteiger partial charge in [-0.25, -0.2) is 9.18 Å². The molecule has 0 N–H and O–H groups in total. The largest absolute Gasteiger partial charge is 0.465 e. The smallest absolute Gasteiger partial charge is 0.340 e.